The fourth-order valence-corrected chi connectivity index (χ4v) is 0.726. The fourth-order valence-electron chi connectivity index (χ4n) is 0.726. The van der Waals surface area contributed by atoms with Crippen molar-refractivity contribution in [2.24, 2.45) is 0 Å². The maximum atomic E-state index is 11.3. The summed E-state index contributed by atoms with van der Waals surface area (Å²) < 4.78 is 28.2. The van der Waals surface area contributed by atoms with Crippen LogP contribution in [0.15, 0.2) is 0 Å². The molecule has 0 radical (unpaired) electrons. The van der Waals surface area contributed by atoms with Gasteiger partial charge in [-0.25, -0.2) is 4.79 Å². The van der Waals surface area contributed by atoms with E-state index in [1.165, 1.54) is 6.92 Å². The molecule has 0 aliphatic carbocycles. The molecule has 0 fully saturated rings. The SMILES string of the molecule is [2H]C([2H])(CCOC(C)=O)C(=O)OCC(=O)OCC. The smallest absolute Gasteiger partial charge is 0.344 e. The minimum absolute atomic E-state index is 0.149. The Morgan fingerprint density at radius 3 is 2.38 bits per heavy atom. The van der Waals surface area contributed by atoms with Crippen molar-refractivity contribution >= 4 is 17.9 Å². The van der Waals surface area contributed by atoms with Crippen LogP contribution in [0.5, 0.6) is 0 Å². The van der Waals surface area contributed by atoms with Gasteiger partial charge in [-0.1, -0.05) is 0 Å². The molecule has 0 aliphatic rings. The molecule has 0 aromatic carbocycles. The topological polar surface area (TPSA) is 78.9 Å². The van der Waals surface area contributed by atoms with Crippen LogP contribution < -0.4 is 0 Å². The van der Waals surface area contributed by atoms with Crippen LogP contribution in [-0.2, 0) is 28.6 Å². The number of hydrogen-bond acceptors (Lipinski definition) is 6. The Balaban J connectivity index is 4.05. The van der Waals surface area contributed by atoms with E-state index < -0.39 is 30.9 Å². The van der Waals surface area contributed by atoms with E-state index in [0.717, 1.165) is 0 Å². The number of ether oxygens (including phenoxy) is 3. The molecular weight excluding hydrogens is 216 g/mol. The van der Waals surface area contributed by atoms with E-state index >= 15 is 0 Å². The zero-order chi connectivity index (χ0) is 14.2. The average molecular weight is 234 g/mol. The lowest BCUT2D eigenvalue weighted by atomic mass is 10.3. The first-order valence-electron chi connectivity index (χ1n) is 5.75. The van der Waals surface area contributed by atoms with Gasteiger partial charge < -0.3 is 14.2 Å². The molecule has 92 valence electrons. The lowest BCUT2D eigenvalue weighted by Crippen LogP contribution is -2.16. The lowest BCUT2D eigenvalue weighted by molar-refractivity contribution is -0.158. The third kappa shape index (κ3) is 8.98. The van der Waals surface area contributed by atoms with E-state index in [2.05, 4.69) is 14.2 Å². The van der Waals surface area contributed by atoms with Crippen molar-refractivity contribution in [1.82, 2.24) is 0 Å². The largest absolute Gasteiger partial charge is 0.466 e. The van der Waals surface area contributed by atoms with E-state index in [4.69, 9.17) is 2.74 Å². The number of carbonyl (C=O) groups excluding carboxylic acids is 3. The van der Waals surface area contributed by atoms with Gasteiger partial charge >= 0.3 is 17.9 Å². The molecule has 0 bridgehead atoms. The molecule has 0 saturated carbocycles. The summed E-state index contributed by atoms with van der Waals surface area (Å²) in [6.07, 6.45) is -2.66. The molecule has 0 N–H and O–H groups in total. The van der Waals surface area contributed by atoms with Crippen molar-refractivity contribution < 1.29 is 31.3 Å². The monoisotopic (exact) mass is 234 g/mol. The van der Waals surface area contributed by atoms with Crippen LogP contribution in [0.3, 0.4) is 0 Å². The molecule has 0 rings (SSSR count). The van der Waals surface area contributed by atoms with Gasteiger partial charge in [-0.3, -0.25) is 9.59 Å². The minimum Gasteiger partial charge on any atom is -0.466 e. The summed E-state index contributed by atoms with van der Waals surface area (Å²) in [5.41, 5.74) is 0. The Kier molecular flexibility index (Phi) is 5.93. The molecule has 6 heteroatoms. The highest BCUT2D eigenvalue weighted by Crippen LogP contribution is 1.94. The summed E-state index contributed by atoms with van der Waals surface area (Å²) in [5.74, 6) is -2.50. The van der Waals surface area contributed by atoms with Gasteiger partial charge in [0.2, 0.25) is 0 Å². The molecule has 0 aliphatic heterocycles. The van der Waals surface area contributed by atoms with Gasteiger partial charge in [0.1, 0.15) is 0 Å². The summed E-state index contributed by atoms with van der Waals surface area (Å²) in [6, 6.07) is 0. The van der Waals surface area contributed by atoms with E-state index in [1.54, 1.807) is 6.92 Å². The van der Waals surface area contributed by atoms with E-state index in [0.29, 0.717) is 0 Å². The first kappa shape index (κ1) is 10.9. The second kappa shape index (κ2) is 8.70. The molecule has 16 heavy (non-hydrogen) atoms. The third-order valence-electron chi connectivity index (χ3n) is 1.30. The van der Waals surface area contributed by atoms with Crippen LogP contribution in [0.25, 0.3) is 0 Å². The predicted octanol–water partition coefficient (Wildman–Crippen LogP) is 0.436. The fraction of sp³-hybridized carbons (Fsp3) is 0.700. The van der Waals surface area contributed by atoms with Gasteiger partial charge in [0.05, 0.1) is 13.2 Å². The minimum atomic E-state index is -2.32. The van der Waals surface area contributed by atoms with Gasteiger partial charge in [0, 0.05) is 16.0 Å². The Labute approximate surface area is 96.7 Å². The standard InChI is InChI=1S/C10H16O6/c1-3-14-10(13)7-16-9(12)5-4-6-15-8(2)11/h3-7H2,1-2H3/i5D2. The van der Waals surface area contributed by atoms with Crippen molar-refractivity contribution in [3.8, 4) is 0 Å². The molecule has 0 aromatic rings. The Morgan fingerprint density at radius 1 is 1.12 bits per heavy atom. The number of esters is 3. The van der Waals surface area contributed by atoms with Crippen molar-refractivity contribution in [3.63, 3.8) is 0 Å². The summed E-state index contributed by atoms with van der Waals surface area (Å²) in [5, 5.41) is 0. The Hall–Kier alpha value is -1.59. The van der Waals surface area contributed by atoms with Crippen molar-refractivity contribution in [2.75, 3.05) is 19.8 Å². The summed E-state index contributed by atoms with van der Waals surface area (Å²) in [4.78, 5) is 32.7. The molecular formula is C10H16O6. The van der Waals surface area contributed by atoms with Crippen LogP contribution in [0, 0.1) is 0 Å². The first-order valence-corrected chi connectivity index (χ1v) is 4.75. The number of hydrogen-bond donors (Lipinski definition) is 0. The second-order valence-electron chi connectivity index (χ2n) is 2.65. The Morgan fingerprint density at radius 2 is 1.81 bits per heavy atom. The van der Waals surface area contributed by atoms with Gasteiger partial charge in [0.25, 0.3) is 0 Å². The summed E-state index contributed by atoms with van der Waals surface area (Å²) in [6.45, 7) is 2.04. The highest BCUT2D eigenvalue weighted by molar-refractivity contribution is 5.76. The summed E-state index contributed by atoms with van der Waals surface area (Å²) >= 11 is 0. The van der Waals surface area contributed by atoms with Crippen LogP contribution in [-0.4, -0.2) is 37.7 Å². The van der Waals surface area contributed by atoms with Gasteiger partial charge in [-0.2, -0.15) is 0 Å². The van der Waals surface area contributed by atoms with Gasteiger partial charge in [-0.15, -0.1) is 0 Å². The quantitative estimate of drug-likeness (QED) is 0.469. The maximum Gasteiger partial charge on any atom is 0.344 e. The highest BCUT2D eigenvalue weighted by atomic mass is 16.6. The van der Waals surface area contributed by atoms with E-state index in [-0.39, 0.29) is 19.6 Å². The van der Waals surface area contributed by atoms with Crippen molar-refractivity contribution in [2.45, 2.75) is 26.6 Å². The van der Waals surface area contributed by atoms with E-state index in [9.17, 15) is 14.4 Å². The zero-order valence-electron chi connectivity index (χ0n) is 11.3. The second-order valence-corrected chi connectivity index (χ2v) is 2.65. The number of rotatable bonds is 7. The molecule has 0 aromatic heterocycles. The first-order chi connectivity index (χ1) is 8.29. The number of carbonyl (C=O) groups is 3. The van der Waals surface area contributed by atoms with Crippen molar-refractivity contribution in [1.29, 1.82) is 0 Å². The maximum absolute atomic E-state index is 11.3. The molecule has 0 saturated heterocycles. The molecule has 0 heterocycles. The molecule has 0 unspecified atom stereocenters. The highest BCUT2D eigenvalue weighted by Gasteiger charge is 2.07. The van der Waals surface area contributed by atoms with Crippen LogP contribution >= 0.6 is 0 Å². The van der Waals surface area contributed by atoms with Crippen LogP contribution in [0.4, 0.5) is 0 Å². The van der Waals surface area contributed by atoms with Crippen LogP contribution in [0.1, 0.15) is 29.4 Å². The zero-order valence-corrected chi connectivity index (χ0v) is 9.28. The molecule has 0 amide bonds. The molecule has 0 atom stereocenters. The normalized spacial score (nSPS) is 12.1. The van der Waals surface area contributed by atoms with Gasteiger partial charge in [-0.05, 0) is 13.3 Å². The van der Waals surface area contributed by atoms with E-state index in [1.807, 2.05) is 0 Å². The van der Waals surface area contributed by atoms with Crippen LogP contribution in [0.2, 0.25) is 0 Å². The van der Waals surface area contributed by atoms with Gasteiger partial charge in [0.15, 0.2) is 6.61 Å². The lowest BCUT2D eigenvalue weighted by Gasteiger charge is -2.04. The predicted molar refractivity (Wildman–Crippen MR) is 53.5 cm³/mol. The average Bonchev–Trinajstić information content (AvgIpc) is 2.25. The summed E-state index contributed by atoms with van der Waals surface area (Å²) in [7, 11) is 0. The Bertz CT molecular complexity index is 315. The third-order valence-corrected chi connectivity index (χ3v) is 1.30. The molecule has 0 spiro atoms. The van der Waals surface area contributed by atoms with Crippen molar-refractivity contribution in [3.05, 3.63) is 0 Å². The molecule has 6 nitrogen and oxygen atoms in total.